The molecule has 1 atom stereocenters. The van der Waals surface area contributed by atoms with Crippen LogP contribution in [-0.2, 0) is 7.05 Å². The van der Waals surface area contributed by atoms with Gasteiger partial charge in [0.1, 0.15) is 5.82 Å². The molecule has 1 aromatic heterocycles. The predicted octanol–water partition coefficient (Wildman–Crippen LogP) is 1.08. The van der Waals surface area contributed by atoms with Crippen molar-refractivity contribution >= 4 is 0 Å². The second-order valence-electron chi connectivity index (χ2n) is 4.61. The van der Waals surface area contributed by atoms with Crippen molar-refractivity contribution in [2.45, 2.75) is 25.8 Å². The average molecular weight is 222 g/mol. The highest BCUT2D eigenvalue weighted by molar-refractivity contribution is 5.10. The van der Waals surface area contributed by atoms with Crippen LogP contribution >= 0.6 is 0 Å². The zero-order chi connectivity index (χ0) is 11.5. The number of imidazole rings is 1. The summed E-state index contributed by atoms with van der Waals surface area (Å²) in [5.74, 6) is 1.09. The number of hydrogen-bond donors (Lipinski definition) is 1. The molecule has 0 spiro atoms. The van der Waals surface area contributed by atoms with Gasteiger partial charge in [-0.3, -0.25) is 4.90 Å². The lowest BCUT2D eigenvalue weighted by atomic mass is 10.2. The highest BCUT2D eigenvalue weighted by Crippen LogP contribution is 2.24. The third-order valence-electron chi connectivity index (χ3n) is 3.58. The van der Waals surface area contributed by atoms with E-state index in [0.717, 1.165) is 12.4 Å². The number of hydrogen-bond acceptors (Lipinski definition) is 3. The van der Waals surface area contributed by atoms with E-state index in [0.29, 0.717) is 6.04 Å². The first-order chi connectivity index (χ1) is 7.74. The van der Waals surface area contributed by atoms with Crippen molar-refractivity contribution in [3.63, 3.8) is 0 Å². The Balaban J connectivity index is 2.20. The van der Waals surface area contributed by atoms with E-state index in [9.17, 15) is 0 Å². The van der Waals surface area contributed by atoms with Crippen molar-refractivity contribution < 1.29 is 0 Å². The van der Waals surface area contributed by atoms with Gasteiger partial charge in [-0.25, -0.2) is 4.98 Å². The van der Waals surface area contributed by atoms with Gasteiger partial charge in [0.05, 0.1) is 17.9 Å². The van der Waals surface area contributed by atoms with E-state index in [4.69, 9.17) is 0 Å². The molecule has 2 heterocycles. The fraction of sp³-hybridized carbons (Fsp3) is 0.750. The topological polar surface area (TPSA) is 33.1 Å². The molecule has 1 aliphatic heterocycles. The van der Waals surface area contributed by atoms with Crippen molar-refractivity contribution in [3.05, 3.63) is 17.7 Å². The Bertz CT molecular complexity index is 339. The van der Waals surface area contributed by atoms with Gasteiger partial charge in [0.2, 0.25) is 0 Å². The molecule has 0 radical (unpaired) electrons. The summed E-state index contributed by atoms with van der Waals surface area (Å²) in [7, 11) is 4.13. The van der Waals surface area contributed by atoms with Gasteiger partial charge in [-0.15, -0.1) is 0 Å². The minimum atomic E-state index is 0.471. The van der Waals surface area contributed by atoms with Crippen molar-refractivity contribution in [1.29, 1.82) is 0 Å². The Morgan fingerprint density at radius 2 is 2.12 bits per heavy atom. The van der Waals surface area contributed by atoms with Gasteiger partial charge in [0.15, 0.2) is 0 Å². The molecule has 90 valence electrons. The minimum Gasteiger partial charge on any atom is -0.334 e. The summed E-state index contributed by atoms with van der Waals surface area (Å²) < 4.78 is 2.21. The number of likely N-dealkylation sites (tertiary alicyclic amines) is 1. The van der Waals surface area contributed by atoms with Crippen LogP contribution in [0.1, 0.15) is 30.4 Å². The van der Waals surface area contributed by atoms with Crippen LogP contribution in [0.25, 0.3) is 0 Å². The molecule has 0 aliphatic carbocycles. The molecule has 0 amide bonds. The van der Waals surface area contributed by atoms with Gasteiger partial charge in [-0.05, 0) is 39.9 Å². The largest absolute Gasteiger partial charge is 0.334 e. The Hall–Kier alpha value is -0.870. The lowest BCUT2D eigenvalue weighted by molar-refractivity contribution is 0.234. The minimum absolute atomic E-state index is 0.471. The van der Waals surface area contributed by atoms with Gasteiger partial charge in [-0.2, -0.15) is 0 Å². The van der Waals surface area contributed by atoms with Crippen LogP contribution < -0.4 is 5.32 Å². The molecule has 1 N–H and O–H groups in total. The number of aryl methyl sites for hydroxylation is 1. The van der Waals surface area contributed by atoms with Crippen LogP contribution in [0, 0.1) is 6.92 Å². The van der Waals surface area contributed by atoms with E-state index in [-0.39, 0.29) is 0 Å². The quantitative estimate of drug-likeness (QED) is 0.827. The molecular formula is C12H22N4. The second kappa shape index (κ2) is 4.97. The average Bonchev–Trinajstić information content (AvgIpc) is 2.89. The first-order valence-corrected chi connectivity index (χ1v) is 6.11. The molecule has 1 saturated heterocycles. The molecule has 1 aliphatic rings. The van der Waals surface area contributed by atoms with Crippen LogP contribution in [0.5, 0.6) is 0 Å². The summed E-state index contributed by atoms with van der Waals surface area (Å²) in [6, 6.07) is 0.471. The maximum absolute atomic E-state index is 4.40. The Morgan fingerprint density at radius 1 is 1.44 bits per heavy atom. The van der Waals surface area contributed by atoms with Gasteiger partial charge < -0.3 is 9.88 Å². The second-order valence-corrected chi connectivity index (χ2v) is 4.61. The molecule has 4 nitrogen and oxygen atoms in total. The van der Waals surface area contributed by atoms with E-state index < -0.39 is 0 Å². The summed E-state index contributed by atoms with van der Waals surface area (Å²) in [6.45, 7) is 5.50. The van der Waals surface area contributed by atoms with Gasteiger partial charge in [0, 0.05) is 13.6 Å². The summed E-state index contributed by atoms with van der Waals surface area (Å²) in [5.41, 5.74) is 1.33. The van der Waals surface area contributed by atoms with Crippen LogP contribution in [0.3, 0.4) is 0 Å². The molecule has 1 aromatic rings. The van der Waals surface area contributed by atoms with Crippen LogP contribution in [0.4, 0.5) is 0 Å². The smallest absolute Gasteiger partial charge is 0.105 e. The van der Waals surface area contributed by atoms with Crippen molar-refractivity contribution in [2.24, 2.45) is 7.05 Å². The number of rotatable bonds is 4. The van der Waals surface area contributed by atoms with Gasteiger partial charge in [-0.1, -0.05) is 0 Å². The van der Waals surface area contributed by atoms with E-state index in [1.165, 1.54) is 31.6 Å². The third kappa shape index (κ3) is 2.13. The zero-order valence-electron chi connectivity index (χ0n) is 10.5. The maximum Gasteiger partial charge on any atom is 0.105 e. The van der Waals surface area contributed by atoms with E-state index in [1.807, 2.05) is 13.2 Å². The predicted molar refractivity (Wildman–Crippen MR) is 65.4 cm³/mol. The highest BCUT2D eigenvalue weighted by Gasteiger charge is 2.25. The van der Waals surface area contributed by atoms with E-state index >= 15 is 0 Å². The van der Waals surface area contributed by atoms with Crippen LogP contribution in [0.15, 0.2) is 6.20 Å². The molecule has 0 saturated carbocycles. The SMILES string of the molecule is CNCC(c1cnc(C)n1C)N1CCCC1. The molecule has 16 heavy (non-hydrogen) atoms. The number of aromatic nitrogens is 2. The van der Waals surface area contributed by atoms with Crippen LogP contribution in [-0.4, -0.2) is 41.1 Å². The summed E-state index contributed by atoms with van der Waals surface area (Å²) in [4.78, 5) is 6.96. The lowest BCUT2D eigenvalue weighted by Crippen LogP contribution is -2.34. The Morgan fingerprint density at radius 3 is 2.62 bits per heavy atom. The first kappa shape index (κ1) is 11.6. The maximum atomic E-state index is 4.40. The highest BCUT2D eigenvalue weighted by atomic mass is 15.2. The summed E-state index contributed by atoms with van der Waals surface area (Å²) in [5, 5.41) is 3.30. The zero-order valence-corrected chi connectivity index (χ0v) is 10.5. The monoisotopic (exact) mass is 222 g/mol. The third-order valence-corrected chi connectivity index (χ3v) is 3.58. The van der Waals surface area contributed by atoms with Gasteiger partial charge >= 0.3 is 0 Å². The number of nitrogens with zero attached hydrogens (tertiary/aromatic N) is 3. The molecule has 1 unspecified atom stereocenters. The normalized spacial score (nSPS) is 19.2. The van der Waals surface area contributed by atoms with Crippen molar-refractivity contribution in [1.82, 2.24) is 19.8 Å². The molecule has 1 fully saturated rings. The molecule has 0 bridgehead atoms. The standard InChI is InChI=1S/C12H22N4/c1-10-14-9-11(15(10)3)12(8-13-2)16-6-4-5-7-16/h9,12-13H,4-8H2,1-3H3. The van der Waals surface area contributed by atoms with Crippen molar-refractivity contribution in [3.8, 4) is 0 Å². The number of nitrogens with one attached hydrogen (secondary N) is 1. The van der Waals surface area contributed by atoms with E-state index in [1.54, 1.807) is 0 Å². The molecule has 0 aromatic carbocycles. The summed E-state index contributed by atoms with van der Waals surface area (Å²) >= 11 is 0. The van der Waals surface area contributed by atoms with E-state index in [2.05, 4.69) is 33.7 Å². The van der Waals surface area contributed by atoms with Crippen molar-refractivity contribution in [2.75, 3.05) is 26.7 Å². The lowest BCUT2D eigenvalue weighted by Gasteiger charge is -2.27. The van der Waals surface area contributed by atoms with Crippen LogP contribution in [0.2, 0.25) is 0 Å². The molecular weight excluding hydrogens is 200 g/mol. The molecule has 4 heteroatoms. The fourth-order valence-electron chi connectivity index (χ4n) is 2.50. The summed E-state index contributed by atoms with van der Waals surface area (Å²) in [6.07, 6.45) is 4.68. The van der Waals surface area contributed by atoms with Gasteiger partial charge in [0.25, 0.3) is 0 Å². The Kier molecular flexibility index (Phi) is 3.61. The Labute approximate surface area is 97.7 Å². The first-order valence-electron chi connectivity index (χ1n) is 6.11. The fourth-order valence-corrected chi connectivity index (χ4v) is 2.50. The number of likely N-dealkylation sites (N-methyl/N-ethyl adjacent to an activating group) is 1. The molecule has 2 rings (SSSR count).